The second-order valence-electron chi connectivity index (χ2n) is 5.95. The van der Waals surface area contributed by atoms with Crippen molar-refractivity contribution >= 4 is 67.7 Å². The minimum absolute atomic E-state index is 0.121. The van der Waals surface area contributed by atoms with Crippen LogP contribution in [0.3, 0.4) is 0 Å². The molecule has 3 aromatic heterocycles. The fourth-order valence-corrected chi connectivity index (χ4v) is 4.99. The molecule has 0 aliphatic heterocycles. The Morgan fingerprint density at radius 2 is 2.15 bits per heavy atom. The Kier molecular flexibility index (Phi) is 4.94. The number of aryl methyl sites for hydroxylation is 2. The van der Waals surface area contributed by atoms with Crippen LogP contribution >= 0.6 is 34.8 Å². The van der Waals surface area contributed by atoms with E-state index in [4.69, 9.17) is 0 Å². The third kappa shape index (κ3) is 3.60. The minimum Gasteiger partial charge on any atom is -0.323 e. The van der Waals surface area contributed by atoms with Crippen LogP contribution in [-0.2, 0) is 10.5 Å². The van der Waals surface area contributed by atoms with Gasteiger partial charge in [-0.05, 0) is 31.5 Å². The van der Waals surface area contributed by atoms with E-state index in [0.29, 0.717) is 28.2 Å². The summed E-state index contributed by atoms with van der Waals surface area (Å²) in [6.45, 7) is 3.92. The van der Waals surface area contributed by atoms with Gasteiger partial charge in [0.25, 0.3) is 5.56 Å². The van der Waals surface area contributed by atoms with Crippen LogP contribution in [0.4, 0.5) is 5.69 Å². The molecule has 3 heterocycles. The van der Waals surface area contributed by atoms with Gasteiger partial charge in [0.2, 0.25) is 5.91 Å². The van der Waals surface area contributed by atoms with E-state index in [0.717, 1.165) is 32.5 Å². The second kappa shape index (κ2) is 7.37. The number of carbonyl (C=O) groups excluding carboxylic acids is 1. The number of hydrogen-bond acceptors (Lipinski definition) is 8. The van der Waals surface area contributed by atoms with Gasteiger partial charge in [-0.1, -0.05) is 6.07 Å². The molecule has 0 spiro atoms. The maximum Gasteiger partial charge on any atom is 0.259 e. The summed E-state index contributed by atoms with van der Waals surface area (Å²) in [6, 6.07) is 5.50. The molecule has 0 atom stereocenters. The van der Waals surface area contributed by atoms with Crippen molar-refractivity contribution in [3.63, 3.8) is 0 Å². The zero-order valence-electron chi connectivity index (χ0n) is 14.5. The maximum absolute atomic E-state index is 12.3. The summed E-state index contributed by atoms with van der Waals surface area (Å²) in [4.78, 5) is 33.7. The highest BCUT2D eigenvalue weighted by molar-refractivity contribution is 7.99. The molecule has 10 heteroatoms. The number of thiophene rings is 1. The highest BCUT2D eigenvalue weighted by Crippen LogP contribution is 2.26. The van der Waals surface area contributed by atoms with Crippen LogP contribution in [-0.4, -0.2) is 30.4 Å². The third-order valence-electron chi connectivity index (χ3n) is 4.12. The van der Waals surface area contributed by atoms with Gasteiger partial charge < -0.3 is 10.3 Å². The van der Waals surface area contributed by atoms with Crippen molar-refractivity contribution in [2.75, 3.05) is 11.1 Å². The molecule has 4 aromatic rings. The average Bonchev–Trinajstić information content (AvgIpc) is 3.21. The van der Waals surface area contributed by atoms with Crippen molar-refractivity contribution in [1.29, 1.82) is 0 Å². The maximum atomic E-state index is 12.3. The third-order valence-corrected chi connectivity index (χ3v) is 6.71. The van der Waals surface area contributed by atoms with E-state index in [1.165, 1.54) is 23.1 Å². The zero-order chi connectivity index (χ0) is 19.0. The summed E-state index contributed by atoms with van der Waals surface area (Å²) < 4.78 is 8.37. The highest BCUT2D eigenvalue weighted by atomic mass is 32.2. The molecule has 27 heavy (non-hydrogen) atoms. The van der Waals surface area contributed by atoms with Gasteiger partial charge in [0.1, 0.15) is 21.7 Å². The van der Waals surface area contributed by atoms with Gasteiger partial charge in [-0.15, -0.1) is 23.1 Å². The molecule has 0 radical (unpaired) electrons. The first-order valence-electron chi connectivity index (χ1n) is 8.10. The first-order chi connectivity index (χ1) is 13.0. The van der Waals surface area contributed by atoms with Crippen LogP contribution in [0.15, 0.2) is 23.0 Å². The molecule has 0 aliphatic carbocycles. The molecular weight excluding hydrogens is 402 g/mol. The van der Waals surface area contributed by atoms with Gasteiger partial charge in [-0.2, -0.15) is 8.75 Å². The summed E-state index contributed by atoms with van der Waals surface area (Å²) in [5.74, 6) is 1.15. The Morgan fingerprint density at radius 1 is 1.30 bits per heavy atom. The molecule has 1 amide bonds. The topological polar surface area (TPSA) is 101 Å². The normalized spacial score (nSPS) is 11.3. The second-order valence-corrected chi connectivity index (χ2v) is 8.67. The number of benzene rings is 1. The Balaban J connectivity index is 1.41. The number of rotatable bonds is 5. The number of nitrogens with zero attached hydrogens (tertiary/aromatic N) is 3. The monoisotopic (exact) mass is 417 g/mol. The van der Waals surface area contributed by atoms with Gasteiger partial charge in [-0.25, -0.2) is 4.98 Å². The summed E-state index contributed by atoms with van der Waals surface area (Å²) in [5, 5.41) is 3.52. The fourth-order valence-electron chi connectivity index (χ4n) is 2.70. The first kappa shape index (κ1) is 18.1. The minimum atomic E-state index is -0.133. The van der Waals surface area contributed by atoms with E-state index in [9.17, 15) is 9.59 Å². The summed E-state index contributed by atoms with van der Waals surface area (Å²) in [7, 11) is 0. The SMILES string of the molecule is Cc1sc2nc(CSCC(=O)Nc3cccc4nsnc34)[nH]c(=O)c2c1C. The fraction of sp³-hybridized carbons (Fsp3) is 0.235. The Labute approximate surface area is 166 Å². The van der Waals surface area contributed by atoms with Gasteiger partial charge in [0, 0.05) is 4.88 Å². The smallest absolute Gasteiger partial charge is 0.259 e. The van der Waals surface area contributed by atoms with Crippen LogP contribution in [0, 0.1) is 13.8 Å². The molecule has 0 fully saturated rings. The molecule has 0 unspecified atom stereocenters. The van der Waals surface area contributed by atoms with Crippen LogP contribution in [0.2, 0.25) is 0 Å². The Hall–Kier alpha value is -2.30. The van der Waals surface area contributed by atoms with Gasteiger partial charge in [0.15, 0.2) is 0 Å². The number of hydrogen-bond donors (Lipinski definition) is 2. The molecule has 0 saturated carbocycles. The van der Waals surface area contributed by atoms with E-state index in [2.05, 4.69) is 24.0 Å². The van der Waals surface area contributed by atoms with E-state index in [-0.39, 0.29) is 17.2 Å². The highest BCUT2D eigenvalue weighted by Gasteiger charge is 2.13. The largest absolute Gasteiger partial charge is 0.323 e. The molecular formula is C17H15N5O2S3. The van der Waals surface area contributed by atoms with E-state index in [1.54, 1.807) is 6.07 Å². The summed E-state index contributed by atoms with van der Waals surface area (Å²) >= 11 is 4.03. The molecule has 2 N–H and O–H groups in total. The lowest BCUT2D eigenvalue weighted by Crippen LogP contribution is -2.15. The van der Waals surface area contributed by atoms with E-state index >= 15 is 0 Å². The zero-order valence-corrected chi connectivity index (χ0v) is 17.0. The molecule has 0 saturated heterocycles. The van der Waals surface area contributed by atoms with Crippen LogP contribution < -0.4 is 10.9 Å². The molecule has 0 bridgehead atoms. The summed E-state index contributed by atoms with van der Waals surface area (Å²) in [5.41, 5.74) is 2.98. The lowest BCUT2D eigenvalue weighted by atomic mass is 10.2. The predicted octanol–water partition coefficient (Wildman–Crippen LogP) is 3.48. The average molecular weight is 418 g/mol. The van der Waals surface area contributed by atoms with E-state index < -0.39 is 0 Å². The lowest BCUT2D eigenvalue weighted by molar-refractivity contribution is -0.113. The number of aromatic nitrogens is 4. The van der Waals surface area contributed by atoms with Gasteiger partial charge in [-0.3, -0.25) is 9.59 Å². The van der Waals surface area contributed by atoms with Crippen LogP contribution in [0.25, 0.3) is 21.3 Å². The van der Waals surface area contributed by atoms with Crippen LogP contribution in [0.5, 0.6) is 0 Å². The molecule has 1 aromatic carbocycles. The van der Waals surface area contributed by atoms with Crippen molar-refractivity contribution in [2.45, 2.75) is 19.6 Å². The predicted molar refractivity (Wildman–Crippen MR) is 112 cm³/mol. The van der Waals surface area contributed by atoms with Crippen molar-refractivity contribution in [3.8, 4) is 0 Å². The number of amides is 1. The summed E-state index contributed by atoms with van der Waals surface area (Å²) in [6.07, 6.45) is 0. The number of thioether (sulfide) groups is 1. The quantitative estimate of drug-likeness (QED) is 0.516. The number of fused-ring (bicyclic) bond motifs is 2. The number of anilines is 1. The van der Waals surface area contributed by atoms with Crippen molar-refractivity contribution in [3.05, 3.63) is 44.8 Å². The first-order valence-corrected chi connectivity index (χ1v) is 10.8. The standard InChI is InChI=1S/C17H15N5O2S3/c1-8-9(2)26-17-14(8)16(24)19-12(20-17)6-25-7-13(23)18-10-4-3-5-11-15(10)22-27-21-11/h3-5H,6-7H2,1-2H3,(H,18,23)(H,19,20,24). The van der Waals surface area contributed by atoms with Crippen molar-refractivity contribution < 1.29 is 4.79 Å². The Bertz CT molecular complexity index is 1210. The van der Waals surface area contributed by atoms with Gasteiger partial charge >= 0.3 is 0 Å². The van der Waals surface area contributed by atoms with E-state index in [1.807, 2.05) is 26.0 Å². The van der Waals surface area contributed by atoms with Crippen molar-refractivity contribution in [1.82, 2.24) is 18.7 Å². The lowest BCUT2D eigenvalue weighted by Gasteiger charge is -2.05. The molecule has 4 rings (SSSR count). The number of aromatic amines is 1. The number of nitrogens with one attached hydrogen (secondary N) is 2. The van der Waals surface area contributed by atoms with Crippen LogP contribution in [0.1, 0.15) is 16.3 Å². The Morgan fingerprint density at radius 3 is 3.00 bits per heavy atom. The molecule has 0 aliphatic rings. The number of H-pyrrole nitrogens is 1. The molecule has 7 nitrogen and oxygen atoms in total. The van der Waals surface area contributed by atoms with Gasteiger partial charge in [0.05, 0.1) is 34.3 Å². The molecule has 138 valence electrons. The number of carbonyl (C=O) groups is 1. The van der Waals surface area contributed by atoms with Crippen molar-refractivity contribution in [2.24, 2.45) is 0 Å².